The Kier molecular flexibility index (Phi) is 2.74. The average Bonchev–Trinajstić information content (AvgIpc) is 3.09. The summed E-state index contributed by atoms with van der Waals surface area (Å²) in [6, 6.07) is 7.66. The number of rotatable bonds is 4. The molecule has 1 aliphatic rings. The van der Waals surface area contributed by atoms with Gasteiger partial charge in [0.2, 0.25) is 0 Å². The Hall–Kier alpha value is -2.30. The van der Waals surface area contributed by atoms with Gasteiger partial charge in [-0.05, 0) is 18.6 Å². The highest BCUT2D eigenvalue weighted by Crippen LogP contribution is 2.46. The van der Waals surface area contributed by atoms with E-state index in [1.54, 1.807) is 13.3 Å². The Morgan fingerprint density at radius 1 is 1.53 bits per heavy atom. The lowest BCUT2D eigenvalue weighted by molar-refractivity contribution is -0.138. The Balaban J connectivity index is 1.83. The molecule has 1 fully saturated rings. The van der Waals surface area contributed by atoms with E-state index in [1.165, 1.54) is 0 Å². The van der Waals surface area contributed by atoms with E-state index >= 15 is 0 Å². The molecule has 2 unspecified atom stereocenters. The fourth-order valence-corrected chi connectivity index (χ4v) is 2.23. The highest BCUT2D eigenvalue weighted by molar-refractivity contribution is 5.75. The molecule has 2 atom stereocenters. The summed E-state index contributed by atoms with van der Waals surface area (Å²) in [5.41, 5.74) is 1.86. The predicted octanol–water partition coefficient (Wildman–Crippen LogP) is 2.27. The van der Waals surface area contributed by atoms with Crippen LogP contribution in [0.5, 0.6) is 5.75 Å². The standard InChI is InChI=1S/C14H14N2O3/c1-19-9-4-2-3-8(5-9)12-7-15-13(16-12)10-6-11(10)14(17)18/h2-5,7,10-11H,6H2,1H3,(H,15,16)(H,17,18). The lowest BCUT2D eigenvalue weighted by Crippen LogP contribution is -1.99. The average molecular weight is 258 g/mol. The monoisotopic (exact) mass is 258 g/mol. The summed E-state index contributed by atoms with van der Waals surface area (Å²) in [7, 11) is 1.62. The Morgan fingerprint density at radius 3 is 3.05 bits per heavy atom. The van der Waals surface area contributed by atoms with Crippen LogP contribution in [0.2, 0.25) is 0 Å². The van der Waals surface area contributed by atoms with Gasteiger partial charge in [-0.2, -0.15) is 0 Å². The summed E-state index contributed by atoms with van der Waals surface area (Å²) in [6.07, 6.45) is 2.40. The van der Waals surface area contributed by atoms with E-state index in [-0.39, 0.29) is 11.8 Å². The fourth-order valence-electron chi connectivity index (χ4n) is 2.23. The number of nitrogens with one attached hydrogen (secondary N) is 1. The molecule has 1 aliphatic carbocycles. The SMILES string of the molecule is COc1cccc(-c2cnc(C3CC3C(=O)O)[nH]2)c1. The molecule has 5 heteroatoms. The Bertz CT molecular complexity index is 621. The second-order valence-corrected chi connectivity index (χ2v) is 4.70. The molecule has 5 nitrogen and oxygen atoms in total. The number of aromatic amines is 1. The number of carboxylic acids is 1. The van der Waals surface area contributed by atoms with Gasteiger partial charge in [-0.15, -0.1) is 0 Å². The van der Waals surface area contributed by atoms with Crippen molar-refractivity contribution >= 4 is 5.97 Å². The van der Waals surface area contributed by atoms with Crippen molar-refractivity contribution in [3.05, 3.63) is 36.3 Å². The first-order valence-electron chi connectivity index (χ1n) is 6.11. The molecule has 1 aromatic heterocycles. The van der Waals surface area contributed by atoms with E-state index in [2.05, 4.69) is 9.97 Å². The van der Waals surface area contributed by atoms with Crippen LogP contribution in [-0.4, -0.2) is 28.2 Å². The molecule has 19 heavy (non-hydrogen) atoms. The van der Waals surface area contributed by atoms with Crippen molar-refractivity contribution in [2.75, 3.05) is 7.11 Å². The number of hydrogen-bond acceptors (Lipinski definition) is 3. The lowest BCUT2D eigenvalue weighted by Gasteiger charge is -2.02. The zero-order valence-electron chi connectivity index (χ0n) is 10.5. The van der Waals surface area contributed by atoms with Gasteiger partial charge in [-0.3, -0.25) is 4.79 Å². The van der Waals surface area contributed by atoms with Gasteiger partial charge >= 0.3 is 5.97 Å². The zero-order valence-corrected chi connectivity index (χ0v) is 10.5. The Labute approximate surface area is 110 Å². The number of carboxylic acid groups (broad SMARTS) is 1. The van der Waals surface area contributed by atoms with Crippen LogP contribution >= 0.6 is 0 Å². The first-order chi connectivity index (χ1) is 9.19. The summed E-state index contributed by atoms with van der Waals surface area (Å²) in [4.78, 5) is 18.3. The van der Waals surface area contributed by atoms with Gasteiger partial charge in [0.15, 0.2) is 0 Å². The first-order valence-corrected chi connectivity index (χ1v) is 6.11. The third-order valence-electron chi connectivity index (χ3n) is 3.44. The van der Waals surface area contributed by atoms with Gasteiger partial charge in [0.1, 0.15) is 11.6 Å². The number of nitrogens with zero attached hydrogens (tertiary/aromatic N) is 1. The molecule has 1 heterocycles. The molecule has 0 saturated heterocycles. The van der Waals surface area contributed by atoms with Crippen LogP contribution in [0, 0.1) is 5.92 Å². The summed E-state index contributed by atoms with van der Waals surface area (Å²) < 4.78 is 5.18. The largest absolute Gasteiger partial charge is 0.497 e. The number of benzene rings is 1. The molecule has 98 valence electrons. The van der Waals surface area contributed by atoms with Gasteiger partial charge in [0, 0.05) is 11.5 Å². The summed E-state index contributed by atoms with van der Waals surface area (Å²) >= 11 is 0. The van der Waals surface area contributed by atoms with E-state index in [0.29, 0.717) is 6.42 Å². The van der Waals surface area contributed by atoms with Crippen LogP contribution in [0.15, 0.2) is 30.5 Å². The molecule has 3 rings (SSSR count). The van der Waals surface area contributed by atoms with Crippen molar-refractivity contribution in [1.29, 1.82) is 0 Å². The van der Waals surface area contributed by atoms with Crippen LogP contribution in [0.1, 0.15) is 18.2 Å². The van der Waals surface area contributed by atoms with Crippen molar-refractivity contribution in [2.24, 2.45) is 5.92 Å². The maximum absolute atomic E-state index is 10.8. The number of aromatic nitrogens is 2. The van der Waals surface area contributed by atoms with E-state index < -0.39 is 5.97 Å². The van der Waals surface area contributed by atoms with Crippen molar-refractivity contribution in [3.63, 3.8) is 0 Å². The zero-order chi connectivity index (χ0) is 13.4. The number of aliphatic carboxylic acids is 1. The molecule has 2 aromatic rings. The smallest absolute Gasteiger partial charge is 0.307 e. The topological polar surface area (TPSA) is 75.2 Å². The molecule has 2 N–H and O–H groups in total. The molecular formula is C14H14N2O3. The van der Waals surface area contributed by atoms with Crippen LogP contribution in [0.3, 0.4) is 0 Å². The van der Waals surface area contributed by atoms with Gasteiger partial charge in [0.25, 0.3) is 0 Å². The third-order valence-corrected chi connectivity index (χ3v) is 3.44. The lowest BCUT2D eigenvalue weighted by atomic mass is 10.1. The minimum Gasteiger partial charge on any atom is -0.497 e. The van der Waals surface area contributed by atoms with E-state index in [0.717, 1.165) is 22.8 Å². The Morgan fingerprint density at radius 2 is 2.37 bits per heavy atom. The van der Waals surface area contributed by atoms with Crippen molar-refractivity contribution in [1.82, 2.24) is 9.97 Å². The van der Waals surface area contributed by atoms with Gasteiger partial charge in [0.05, 0.1) is 24.9 Å². The van der Waals surface area contributed by atoms with Crippen molar-refractivity contribution < 1.29 is 14.6 Å². The maximum atomic E-state index is 10.8. The van der Waals surface area contributed by atoms with Crippen LogP contribution in [0.4, 0.5) is 0 Å². The van der Waals surface area contributed by atoms with Crippen molar-refractivity contribution in [3.8, 4) is 17.0 Å². The van der Waals surface area contributed by atoms with Crippen LogP contribution in [0.25, 0.3) is 11.3 Å². The number of hydrogen-bond donors (Lipinski definition) is 2. The number of methoxy groups -OCH3 is 1. The number of ether oxygens (including phenoxy) is 1. The minimum atomic E-state index is -0.746. The number of carbonyl (C=O) groups is 1. The highest BCUT2D eigenvalue weighted by atomic mass is 16.5. The summed E-state index contributed by atoms with van der Waals surface area (Å²) in [5.74, 6) is 0.527. The van der Waals surface area contributed by atoms with E-state index in [9.17, 15) is 4.79 Å². The minimum absolute atomic E-state index is 0.0249. The summed E-state index contributed by atoms with van der Waals surface area (Å²) in [5, 5.41) is 8.92. The van der Waals surface area contributed by atoms with Gasteiger partial charge in [-0.1, -0.05) is 12.1 Å². The van der Waals surface area contributed by atoms with Gasteiger partial charge < -0.3 is 14.8 Å². The second-order valence-electron chi connectivity index (χ2n) is 4.70. The molecule has 0 bridgehead atoms. The predicted molar refractivity (Wildman–Crippen MR) is 69.1 cm³/mol. The maximum Gasteiger partial charge on any atom is 0.307 e. The molecule has 0 radical (unpaired) electrons. The molecular weight excluding hydrogens is 244 g/mol. The van der Waals surface area contributed by atoms with E-state index in [1.807, 2.05) is 24.3 Å². The summed E-state index contributed by atoms with van der Waals surface area (Å²) in [6.45, 7) is 0. The van der Waals surface area contributed by atoms with Crippen LogP contribution in [-0.2, 0) is 4.79 Å². The quantitative estimate of drug-likeness (QED) is 0.882. The molecule has 0 spiro atoms. The highest BCUT2D eigenvalue weighted by Gasteiger charge is 2.46. The molecule has 0 aliphatic heterocycles. The molecule has 0 amide bonds. The van der Waals surface area contributed by atoms with Crippen LogP contribution < -0.4 is 4.74 Å². The number of H-pyrrole nitrogens is 1. The van der Waals surface area contributed by atoms with Gasteiger partial charge in [-0.25, -0.2) is 4.98 Å². The number of imidazole rings is 1. The van der Waals surface area contributed by atoms with Crippen molar-refractivity contribution in [2.45, 2.75) is 12.3 Å². The first kappa shape index (κ1) is 11.8. The molecule has 1 aromatic carbocycles. The fraction of sp³-hybridized carbons (Fsp3) is 0.286. The normalized spacial score (nSPS) is 21.1. The third kappa shape index (κ3) is 2.19. The second kappa shape index (κ2) is 4.42. The van der Waals surface area contributed by atoms with E-state index in [4.69, 9.17) is 9.84 Å². The molecule has 1 saturated carbocycles.